The minimum atomic E-state index is -0.240. The molecule has 0 saturated carbocycles. The summed E-state index contributed by atoms with van der Waals surface area (Å²) < 4.78 is 2.04. The summed E-state index contributed by atoms with van der Waals surface area (Å²) >= 11 is 1.11. The summed E-state index contributed by atoms with van der Waals surface area (Å²) in [5.74, 6) is 0. The third-order valence-electron chi connectivity index (χ3n) is 2.85. The number of hydrogen-bond acceptors (Lipinski definition) is 4. The fraction of sp³-hybridized carbons (Fsp3) is 0.333. The minimum Gasteiger partial charge on any atom is -0.289 e. The van der Waals surface area contributed by atoms with Crippen molar-refractivity contribution >= 4 is 21.4 Å². The quantitative estimate of drug-likeness (QED) is 0.811. The average Bonchev–Trinajstić information content (AvgIpc) is 2.28. The Morgan fingerprint density at radius 3 is 2.53 bits per heavy atom. The Bertz CT molecular complexity index is 657. The van der Waals surface area contributed by atoms with Gasteiger partial charge < -0.3 is 0 Å². The second-order valence-corrected chi connectivity index (χ2v) is 5.13. The monoisotopic (exact) mass is 250 g/mol. The summed E-state index contributed by atoms with van der Waals surface area (Å²) in [4.78, 5) is 25.8. The first kappa shape index (κ1) is 12.0. The molecule has 1 aromatic carbocycles. The molecule has 0 aliphatic carbocycles. The molecule has 0 radical (unpaired) electrons. The van der Waals surface area contributed by atoms with Crippen molar-refractivity contribution in [3.8, 4) is 0 Å². The van der Waals surface area contributed by atoms with Gasteiger partial charge in [-0.1, -0.05) is 23.5 Å². The van der Waals surface area contributed by atoms with Gasteiger partial charge in [-0.2, -0.15) is 0 Å². The highest BCUT2D eigenvalue weighted by molar-refractivity contribution is 7.16. The first-order chi connectivity index (χ1) is 8.02. The van der Waals surface area contributed by atoms with Crippen LogP contribution in [0.25, 0.3) is 10.1 Å². The molecule has 1 aromatic heterocycles. The molecular formula is C12H14N2O2S. The Hall–Kier alpha value is -1.46. The van der Waals surface area contributed by atoms with Crippen LogP contribution in [0.15, 0.2) is 33.9 Å². The van der Waals surface area contributed by atoms with E-state index in [1.165, 1.54) is 4.57 Å². The van der Waals surface area contributed by atoms with Crippen molar-refractivity contribution < 1.29 is 0 Å². The molecule has 0 aliphatic heterocycles. The van der Waals surface area contributed by atoms with Crippen LogP contribution in [0.2, 0.25) is 0 Å². The van der Waals surface area contributed by atoms with E-state index in [1.54, 1.807) is 12.1 Å². The maximum atomic E-state index is 12.2. The van der Waals surface area contributed by atoms with Gasteiger partial charge in [0.15, 0.2) is 0 Å². The number of nitrogens with zero attached hydrogens (tertiary/aromatic N) is 2. The number of aromatic nitrogens is 1. The molecule has 0 aliphatic rings. The standard InChI is InChI=1S/C12H14N2O2S/c1-8(13(2)3)14-11(15)9-6-4-5-7-10(9)17-12(14)16/h4-8H,1-3H3. The third kappa shape index (κ3) is 2.03. The summed E-state index contributed by atoms with van der Waals surface area (Å²) in [6.07, 6.45) is -0.240. The van der Waals surface area contributed by atoms with E-state index >= 15 is 0 Å². The van der Waals surface area contributed by atoms with Crippen LogP contribution < -0.4 is 10.4 Å². The van der Waals surface area contributed by atoms with E-state index in [0.29, 0.717) is 5.39 Å². The van der Waals surface area contributed by atoms with Gasteiger partial charge in [-0.3, -0.25) is 14.5 Å². The predicted molar refractivity (Wildman–Crippen MR) is 70.8 cm³/mol. The molecule has 4 nitrogen and oxygen atoms in total. The Balaban J connectivity index is 2.82. The topological polar surface area (TPSA) is 42.3 Å². The molecule has 0 N–H and O–H groups in total. The van der Waals surface area contributed by atoms with Gasteiger partial charge in [-0.15, -0.1) is 0 Å². The molecule has 17 heavy (non-hydrogen) atoms. The Morgan fingerprint density at radius 2 is 1.88 bits per heavy atom. The fourth-order valence-corrected chi connectivity index (χ4v) is 2.58. The summed E-state index contributed by atoms with van der Waals surface area (Å²) in [5.41, 5.74) is -0.217. The lowest BCUT2D eigenvalue weighted by molar-refractivity contribution is 0.231. The second kappa shape index (κ2) is 4.43. The maximum Gasteiger partial charge on any atom is 0.311 e. The minimum absolute atomic E-state index is 0.213. The fourth-order valence-electron chi connectivity index (χ4n) is 1.64. The van der Waals surface area contributed by atoms with Gasteiger partial charge in [0.2, 0.25) is 0 Å². The van der Waals surface area contributed by atoms with E-state index in [1.807, 2.05) is 38.1 Å². The van der Waals surface area contributed by atoms with Crippen molar-refractivity contribution in [1.82, 2.24) is 9.47 Å². The van der Waals surface area contributed by atoms with E-state index in [-0.39, 0.29) is 16.6 Å². The van der Waals surface area contributed by atoms with Gasteiger partial charge in [0.1, 0.15) is 0 Å². The van der Waals surface area contributed by atoms with E-state index in [2.05, 4.69) is 0 Å². The van der Waals surface area contributed by atoms with E-state index in [9.17, 15) is 9.59 Å². The lowest BCUT2D eigenvalue weighted by Gasteiger charge is -2.21. The molecule has 90 valence electrons. The first-order valence-electron chi connectivity index (χ1n) is 5.33. The smallest absolute Gasteiger partial charge is 0.289 e. The molecule has 2 aromatic rings. The Morgan fingerprint density at radius 1 is 1.24 bits per heavy atom. The molecule has 0 saturated heterocycles. The summed E-state index contributed by atoms with van der Waals surface area (Å²) in [7, 11) is 3.69. The van der Waals surface area contributed by atoms with Crippen molar-refractivity contribution in [2.75, 3.05) is 14.1 Å². The molecule has 0 bridgehead atoms. The van der Waals surface area contributed by atoms with Gasteiger partial charge >= 0.3 is 4.87 Å². The van der Waals surface area contributed by atoms with Crippen LogP contribution in [0, 0.1) is 0 Å². The molecule has 1 atom stereocenters. The number of rotatable bonds is 2. The van der Waals surface area contributed by atoms with Crippen molar-refractivity contribution in [3.63, 3.8) is 0 Å². The van der Waals surface area contributed by atoms with E-state index < -0.39 is 0 Å². The van der Waals surface area contributed by atoms with Crippen molar-refractivity contribution in [1.29, 1.82) is 0 Å². The lowest BCUT2D eigenvalue weighted by atomic mass is 10.3. The largest absolute Gasteiger partial charge is 0.311 e. The number of hydrogen-bond donors (Lipinski definition) is 0. The molecule has 1 unspecified atom stereocenters. The van der Waals surface area contributed by atoms with Gasteiger partial charge in [0.05, 0.1) is 11.6 Å². The highest BCUT2D eigenvalue weighted by atomic mass is 32.1. The van der Waals surface area contributed by atoms with Crippen LogP contribution in [-0.2, 0) is 0 Å². The average molecular weight is 250 g/mol. The van der Waals surface area contributed by atoms with Crippen molar-refractivity contribution in [2.24, 2.45) is 0 Å². The van der Waals surface area contributed by atoms with E-state index in [0.717, 1.165) is 16.0 Å². The third-order valence-corrected chi connectivity index (χ3v) is 3.80. The number of benzene rings is 1. The molecule has 0 spiro atoms. The molecule has 5 heteroatoms. The van der Waals surface area contributed by atoms with Crippen LogP contribution in [0.4, 0.5) is 0 Å². The summed E-state index contributed by atoms with van der Waals surface area (Å²) in [5, 5.41) is 0.603. The normalized spacial score (nSPS) is 13.2. The zero-order chi connectivity index (χ0) is 12.6. The maximum absolute atomic E-state index is 12.2. The van der Waals surface area contributed by atoms with Crippen LogP contribution in [0.5, 0.6) is 0 Å². The van der Waals surface area contributed by atoms with Crippen LogP contribution in [-0.4, -0.2) is 23.6 Å². The zero-order valence-electron chi connectivity index (χ0n) is 10.0. The van der Waals surface area contributed by atoms with Crippen molar-refractivity contribution in [3.05, 3.63) is 44.3 Å². The molecule has 1 heterocycles. The number of fused-ring (bicyclic) bond motifs is 1. The SMILES string of the molecule is CC(N(C)C)n1c(=O)sc2ccccc2c1=O. The Labute approximate surface area is 103 Å². The second-order valence-electron chi connectivity index (χ2n) is 4.13. The molecule has 0 fully saturated rings. The van der Waals surface area contributed by atoms with Crippen LogP contribution in [0.3, 0.4) is 0 Å². The van der Waals surface area contributed by atoms with Gasteiger partial charge in [0, 0.05) is 4.70 Å². The van der Waals surface area contributed by atoms with Gasteiger partial charge in [-0.05, 0) is 33.2 Å². The highest BCUT2D eigenvalue weighted by Crippen LogP contribution is 2.13. The molecule has 2 rings (SSSR count). The lowest BCUT2D eigenvalue weighted by Crippen LogP contribution is -2.39. The van der Waals surface area contributed by atoms with Crippen LogP contribution in [0.1, 0.15) is 13.1 Å². The van der Waals surface area contributed by atoms with Gasteiger partial charge in [-0.25, -0.2) is 4.57 Å². The highest BCUT2D eigenvalue weighted by Gasteiger charge is 2.14. The van der Waals surface area contributed by atoms with Gasteiger partial charge in [0.25, 0.3) is 5.56 Å². The summed E-state index contributed by atoms with van der Waals surface area (Å²) in [6, 6.07) is 7.20. The summed E-state index contributed by atoms with van der Waals surface area (Å²) in [6.45, 7) is 1.84. The van der Waals surface area contributed by atoms with Crippen LogP contribution >= 0.6 is 11.3 Å². The predicted octanol–water partition coefficient (Wildman–Crippen LogP) is 1.50. The zero-order valence-corrected chi connectivity index (χ0v) is 10.8. The molecule has 0 amide bonds. The molecular weight excluding hydrogens is 236 g/mol. The Kier molecular flexibility index (Phi) is 3.13. The van der Waals surface area contributed by atoms with Crippen molar-refractivity contribution in [2.45, 2.75) is 13.1 Å². The van der Waals surface area contributed by atoms with E-state index in [4.69, 9.17) is 0 Å². The first-order valence-corrected chi connectivity index (χ1v) is 6.15.